The average molecular weight is 407 g/mol. The van der Waals surface area contributed by atoms with E-state index in [2.05, 4.69) is 0 Å². The Morgan fingerprint density at radius 2 is 1.78 bits per heavy atom. The molecule has 0 spiro atoms. The van der Waals surface area contributed by atoms with Gasteiger partial charge in [-0.1, -0.05) is 54.1 Å². The highest BCUT2D eigenvalue weighted by atomic mass is 35.5. The number of carbonyl (C=O) groups excluding carboxylic acids is 1. The van der Waals surface area contributed by atoms with Gasteiger partial charge in [0.1, 0.15) is 11.9 Å². The van der Waals surface area contributed by atoms with Crippen molar-refractivity contribution in [3.05, 3.63) is 65.2 Å². The number of ether oxygens (including phenoxy) is 3. The molecule has 0 saturated carbocycles. The van der Waals surface area contributed by atoms with E-state index in [0.717, 1.165) is 36.5 Å². The Labute approximate surface area is 169 Å². The minimum absolute atomic E-state index is 0.194. The summed E-state index contributed by atoms with van der Waals surface area (Å²) in [5.74, 6) is -0.290. The predicted molar refractivity (Wildman–Crippen MR) is 107 cm³/mol. The van der Waals surface area contributed by atoms with Gasteiger partial charge in [0.15, 0.2) is 0 Å². The van der Waals surface area contributed by atoms with Crippen molar-refractivity contribution in [1.82, 2.24) is 0 Å². The Morgan fingerprint density at radius 3 is 2.52 bits per heavy atom. The molecule has 1 atom stereocenters. The van der Waals surface area contributed by atoms with Gasteiger partial charge in [0.05, 0.1) is 17.7 Å². The van der Waals surface area contributed by atoms with Crippen LogP contribution >= 0.6 is 23.4 Å². The van der Waals surface area contributed by atoms with Crippen molar-refractivity contribution >= 4 is 29.3 Å². The van der Waals surface area contributed by atoms with Crippen LogP contribution in [0, 0.1) is 0 Å². The molecule has 0 bridgehead atoms. The maximum absolute atomic E-state index is 12.7. The number of halogens is 1. The number of esters is 1. The van der Waals surface area contributed by atoms with Gasteiger partial charge in [-0.25, -0.2) is 0 Å². The summed E-state index contributed by atoms with van der Waals surface area (Å²) < 4.78 is 16.6. The zero-order valence-corrected chi connectivity index (χ0v) is 16.6. The highest BCUT2D eigenvalue weighted by Gasteiger charge is 2.24. The van der Waals surface area contributed by atoms with Crippen LogP contribution in [0.3, 0.4) is 0 Å². The fourth-order valence-electron chi connectivity index (χ4n) is 2.82. The normalized spacial score (nSPS) is 16.0. The first-order valence-corrected chi connectivity index (χ1v) is 10.3. The lowest BCUT2D eigenvalue weighted by Gasteiger charge is -2.22. The molecule has 0 aliphatic carbocycles. The summed E-state index contributed by atoms with van der Waals surface area (Å²) in [4.78, 5) is 13.6. The van der Waals surface area contributed by atoms with Crippen molar-refractivity contribution in [3.63, 3.8) is 0 Å². The van der Waals surface area contributed by atoms with Gasteiger partial charge in [-0.2, -0.15) is 0 Å². The summed E-state index contributed by atoms with van der Waals surface area (Å²) in [5, 5.41) is 0.147. The van der Waals surface area contributed by atoms with Gasteiger partial charge in [0.25, 0.3) is 0 Å². The molecular weight excluding hydrogens is 384 g/mol. The molecule has 1 aliphatic rings. The first-order chi connectivity index (χ1) is 13.2. The van der Waals surface area contributed by atoms with Gasteiger partial charge in [-0.15, -0.1) is 11.8 Å². The fraction of sp³-hybridized carbons (Fsp3) is 0.381. The number of rotatable bonds is 8. The average Bonchev–Trinajstić information content (AvgIpc) is 2.72. The van der Waals surface area contributed by atoms with Crippen molar-refractivity contribution in [3.8, 4) is 0 Å². The van der Waals surface area contributed by atoms with Crippen molar-refractivity contribution < 1.29 is 19.0 Å². The number of thioether (sulfide) groups is 1. The minimum atomic E-state index is -0.478. The van der Waals surface area contributed by atoms with E-state index in [-0.39, 0.29) is 18.7 Å². The molecule has 3 rings (SSSR count). The number of hydrogen-bond acceptors (Lipinski definition) is 5. The van der Waals surface area contributed by atoms with E-state index in [9.17, 15) is 4.79 Å². The van der Waals surface area contributed by atoms with E-state index in [1.54, 1.807) is 0 Å². The second kappa shape index (κ2) is 10.7. The van der Waals surface area contributed by atoms with E-state index >= 15 is 0 Å². The van der Waals surface area contributed by atoms with E-state index in [0.29, 0.717) is 11.6 Å². The molecule has 1 aliphatic heterocycles. The molecule has 0 N–H and O–H groups in total. The molecule has 0 radical (unpaired) electrons. The first-order valence-electron chi connectivity index (χ1n) is 9.06. The maximum atomic E-state index is 12.7. The largest absolute Gasteiger partial charge is 0.462 e. The van der Waals surface area contributed by atoms with Crippen molar-refractivity contribution in [2.24, 2.45) is 0 Å². The predicted octanol–water partition coefficient (Wildman–Crippen LogP) is 4.91. The Kier molecular flexibility index (Phi) is 8.02. The maximum Gasteiger partial charge on any atom is 0.324 e. The second-order valence-corrected chi connectivity index (χ2v) is 7.74. The zero-order valence-electron chi connectivity index (χ0n) is 15.0. The van der Waals surface area contributed by atoms with Crippen molar-refractivity contribution in [2.75, 3.05) is 26.4 Å². The van der Waals surface area contributed by atoms with E-state index < -0.39 is 5.25 Å². The molecule has 6 heteroatoms. The molecule has 144 valence electrons. The summed E-state index contributed by atoms with van der Waals surface area (Å²) in [6.45, 7) is 2.10. The van der Waals surface area contributed by atoms with Crippen LogP contribution in [0.5, 0.6) is 0 Å². The van der Waals surface area contributed by atoms with Gasteiger partial charge < -0.3 is 14.2 Å². The van der Waals surface area contributed by atoms with Gasteiger partial charge in [0.2, 0.25) is 0 Å². The smallest absolute Gasteiger partial charge is 0.324 e. The number of carbonyl (C=O) groups is 1. The molecule has 1 unspecified atom stereocenters. The molecule has 1 saturated heterocycles. The summed E-state index contributed by atoms with van der Waals surface area (Å²) >= 11 is 7.67. The van der Waals surface area contributed by atoms with Gasteiger partial charge in [-0.3, -0.25) is 4.79 Å². The molecule has 1 fully saturated rings. The minimum Gasteiger partial charge on any atom is -0.462 e. The summed E-state index contributed by atoms with van der Waals surface area (Å²) in [6, 6.07) is 17.1. The van der Waals surface area contributed by atoms with Gasteiger partial charge in [-0.05, 0) is 30.5 Å². The van der Waals surface area contributed by atoms with E-state index in [1.165, 1.54) is 11.8 Å². The van der Waals surface area contributed by atoms with Crippen molar-refractivity contribution in [2.45, 2.75) is 29.1 Å². The van der Waals surface area contributed by atoms with Crippen LogP contribution in [0.4, 0.5) is 0 Å². The Hall–Kier alpha value is -1.53. The summed E-state index contributed by atoms with van der Waals surface area (Å²) in [5.41, 5.74) is 0.887. The topological polar surface area (TPSA) is 44.8 Å². The molecular formula is C21H23ClO4S. The van der Waals surface area contributed by atoms with Gasteiger partial charge in [0, 0.05) is 18.1 Å². The molecule has 0 amide bonds. The van der Waals surface area contributed by atoms with E-state index in [1.807, 2.05) is 54.6 Å². The quantitative estimate of drug-likeness (QED) is 0.354. The Morgan fingerprint density at radius 1 is 1.07 bits per heavy atom. The highest BCUT2D eigenvalue weighted by Crippen LogP contribution is 2.39. The van der Waals surface area contributed by atoms with E-state index in [4.69, 9.17) is 25.8 Å². The Balaban J connectivity index is 1.58. The standard InChI is InChI=1S/C21H23ClO4S/c22-18-8-4-5-9-19(18)27-20(16-6-2-1-3-7-16)21(23)26-15-14-25-17-10-12-24-13-11-17/h1-9,17,20H,10-15H2. The third-order valence-electron chi connectivity index (χ3n) is 4.25. The summed E-state index contributed by atoms with van der Waals surface area (Å²) in [7, 11) is 0. The zero-order chi connectivity index (χ0) is 18.9. The lowest BCUT2D eigenvalue weighted by atomic mass is 10.1. The first kappa shape index (κ1) is 20.2. The number of benzene rings is 2. The highest BCUT2D eigenvalue weighted by molar-refractivity contribution is 8.00. The second-order valence-electron chi connectivity index (χ2n) is 6.19. The van der Waals surface area contributed by atoms with Crippen LogP contribution in [-0.4, -0.2) is 38.5 Å². The molecule has 4 nitrogen and oxygen atoms in total. The molecule has 1 heterocycles. The van der Waals surface area contributed by atoms with Crippen LogP contribution in [0.15, 0.2) is 59.5 Å². The molecule has 0 aromatic heterocycles. The SMILES string of the molecule is O=C(OCCOC1CCOCC1)C(Sc1ccccc1Cl)c1ccccc1. The fourth-order valence-corrected chi connectivity index (χ4v) is 4.14. The molecule has 2 aromatic rings. The lowest BCUT2D eigenvalue weighted by molar-refractivity contribution is -0.146. The Bertz CT molecular complexity index is 719. The third-order valence-corrected chi connectivity index (χ3v) is 6.00. The van der Waals surface area contributed by atoms with Gasteiger partial charge >= 0.3 is 5.97 Å². The molecule has 2 aromatic carbocycles. The molecule has 27 heavy (non-hydrogen) atoms. The monoisotopic (exact) mass is 406 g/mol. The number of hydrogen-bond donors (Lipinski definition) is 0. The van der Waals surface area contributed by atoms with Crippen molar-refractivity contribution in [1.29, 1.82) is 0 Å². The van der Waals surface area contributed by atoms with Crippen LogP contribution in [0.2, 0.25) is 5.02 Å². The van der Waals surface area contributed by atoms with Crippen LogP contribution in [0.1, 0.15) is 23.7 Å². The lowest BCUT2D eigenvalue weighted by Crippen LogP contribution is -2.25. The summed E-state index contributed by atoms with van der Waals surface area (Å²) in [6.07, 6.45) is 1.98. The van der Waals surface area contributed by atoms with Crippen LogP contribution in [0.25, 0.3) is 0 Å². The van der Waals surface area contributed by atoms with Crippen LogP contribution < -0.4 is 0 Å². The van der Waals surface area contributed by atoms with Crippen LogP contribution in [-0.2, 0) is 19.0 Å². The third kappa shape index (κ3) is 6.25.